The zero-order valence-electron chi connectivity index (χ0n) is 10.2. The second kappa shape index (κ2) is 5.65. The van der Waals surface area contributed by atoms with Gasteiger partial charge in [-0.2, -0.15) is 0 Å². The molecule has 0 unspecified atom stereocenters. The fraction of sp³-hybridized carbons (Fsp3) is 0.538. The molecule has 0 spiro atoms. The minimum absolute atomic E-state index is 0.0630. The van der Waals surface area contributed by atoms with Crippen LogP contribution in [-0.2, 0) is 0 Å². The maximum absolute atomic E-state index is 3.58. The second-order valence-electron chi connectivity index (χ2n) is 4.56. The minimum Gasteiger partial charge on any atom is -0.349 e. The summed E-state index contributed by atoms with van der Waals surface area (Å²) in [5, 5.41) is 3.58. The number of rotatable bonds is 4. The van der Waals surface area contributed by atoms with E-state index in [1.165, 1.54) is 25.1 Å². The number of nitrogens with one attached hydrogen (secondary N) is 1. The molecule has 0 aliphatic carbocycles. The quantitative estimate of drug-likeness (QED) is 0.809. The molecule has 0 amide bonds. The first-order chi connectivity index (χ1) is 7.77. The molecule has 2 nitrogen and oxygen atoms in total. The number of nitrogens with zero attached hydrogens (tertiary/aromatic N) is 1. The number of hydrogen-bond acceptors (Lipinski definition) is 2. The Kier molecular flexibility index (Phi) is 4.20. The fourth-order valence-corrected chi connectivity index (χ4v) is 3.34. The molecule has 3 heteroatoms. The highest BCUT2D eigenvalue weighted by Crippen LogP contribution is 2.36. The van der Waals surface area contributed by atoms with Gasteiger partial charge in [-0.05, 0) is 52.9 Å². The van der Waals surface area contributed by atoms with Crippen molar-refractivity contribution in [1.82, 2.24) is 5.32 Å². The Morgan fingerprint density at radius 2 is 2.06 bits per heavy atom. The SMILES string of the molecule is CP(C)N(C[C@@H]1CCCN1)c1ccccc1. The van der Waals surface area contributed by atoms with Crippen LogP contribution in [0.1, 0.15) is 12.8 Å². The Morgan fingerprint density at radius 1 is 1.31 bits per heavy atom. The van der Waals surface area contributed by atoms with E-state index in [0.717, 1.165) is 6.54 Å². The van der Waals surface area contributed by atoms with Gasteiger partial charge in [0.1, 0.15) is 0 Å². The van der Waals surface area contributed by atoms with Crippen LogP contribution in [-0.4, -0.2) is 32.5 Å². The van der Waals surface area contributed by atoms with Gasteiger partial charge in [-0.25, -0.2) is 0 Å². The van der Waals surface area contributed by atoms with Crippen molar-refractivity contribution < 1.29 is 0 Å². The number of benzene rings is 1. The largest absolute Gasteiger partial charge is 0.349 e. The van der Waals surface area contributed by atoms with Crippen LogP contribution in [0.25, 0.3) is 0 Å². The Labute approximate surface area is 99.8 Å². The normalized spacial score (nSPS) is 20.3. The topological polar surface area (TPSA) is 15.3 Å². The van der Waals surface area contributed by atoms with E-state index in [1.807, 2.05) is 0 Å². The molecule has 88 valence electrons. The molecule has 1 aliphatic rings. The molecular formula is C13H21N2P. The first-order valence-electron chi connectivity index (χ1n) is 6.00. The van der Waals surface area contributed by atoms with Crippen LogP contribution in [0.15, 0.2) is 30.3 Å². The first-order valence-corrected chi connectivity index (χ1v) is 8.19. The van der Waals surface area contributed by atoms with Gasteiger partial charge in [-0.15, -0.1) is 0 Å². The third-order valence-electron chi connectivity index (χ3n) is 3.09. The zero-order valence-corrected chi connectivity index (χ0v) is 11.1. The maximum Gasteiger partial charge on any atom is 0.0399 e. The zero-order chi connectivity index (χ0) is 11.4. The van der Waals surface area contributed by atoms with Crippen molar-refractivity contribution in [2.24, 2.45) is 0 Å². The van der Waals surface area contributed by atoms with Gasteiger partial charge in [-0.3, -0.25) is 0 Å². The number of para-hydroxylation sites is 1. The van der Waals surface area contributed by atoms with E-state index >= 15 is 0 Å². The Balaban J connectivity index is 2.05. The lowest BCUT2D eigenvalue weighted by Crippen LogP contribution is -2.34. The molecule has 0 bridgehead atoms. The average molecular weight is 236 g/mol. The Hall–Kier alpha value is -0.590. The van der Waals surface area contributed by atoms with E-state index in [4.69, 9.17) is 0 Å². The van der Waals surface area contributed by atoms with Crippen LogP contribution >= 0.6 is 8.07 Å². The van der Waals surface area contributed by atoms with Crippen LogP contribution in [0.3, 0.4) is 0 Å². The molecule has 0 aromatic heterocycles. The van der Waals surface area contributed by atoms with E-state index in [-0.39, 0.29) is 8.07 Å². The lowest BCUT2D eigenvalue weighted by Gasteiger charge is -2.31. The van der Waals surface area contributed by atoms with Crippen molar-refractivity contribution in [3.8, 4) is 0 Å². The third-order valence-corrected chi connectivity index (χ3v) is 4.45. The predicted octanol–water partition coefficient (Wildman–Crippen LogP) is 2.90. The molecule has 1 N–H and O–H groups in total. The predicted molar refractivity (Wildman–Crippen MR) is 73.6 cm³/mol. The summed E-state index contributed by atoms with van der Waals surface area (Å²) >= 11 is 0. The first kappa shape index (κ1) is 11.9. The van der Waals surface area contributed by atoms with Gasteiger partial charge in [0.05, 0.1) is 0 Å². The standard InChI is InChI=1S/C13H21N2P/c1-16(2)15(11-12-7-6-10-14-12)13-8-4-3-5-9-13/h3-5,8-9,12,14H,6-7,10-11H2,1-2H3/t12-/m0/s1. The third kappa shape index (κ3) is 2.96. The summed E-state index contributed by atoms with van der Waals surface area (Å²) in [5.41, 5.74) is 1.37. The average Bonchev–Trinajstić information content (AvgIpc) is 2.79. The van der Waals surface area contributed by atoms with Gasteiger partial charge in [0.2, 0.25) is 0 Å². The molecule has 16 heavy (non-hydrogen) atoms. The van der Waals surface area contributed by atoms with Crippen molar-refractivity contribution in [2.45, 2.75) is 18.9 Å². The second-order valence-corrected chi connectivity index (χ2v) is 6.74. The lowest BCUT2D eigenvalue weighted by atomic mass is 10.2. The van der Waals surface area contributed by atoms with E-state index in [0.29, 0.717) is 6.04 Å². The monoisotopic (exact) mass is 236 g/mol. The van der Waals surface area contributed by atoms with Gasteiger partial charge in [0.15, 0.2) is 0 Å². The van der Waals surface area contributed by atoms with Crippen LogP contribution in [0.2, 0.25) is 0 Å². The summed E-state index contributed by atoms with van der Waals surface area (Å²) in [6.07, 6.45) is 2.66. The van der Waals surface area contributed by atoms with Gasteiger partial charge in [0.25, 0.3) is 0 Å². The van der Waals surface area contributed by atoms with Crippen LogP contribution in [0, 0.1) is 0 Å². The molecule has 1 saturated heterocycles. The minimum atomic E-state index is -0.0630. The summed E-state index contributed by atoms with van der Waals surface area (Å²) < 4.78 is 2.55. The molecule has 1 aromatic rings. The highest BCUT2D eigenvalue weighted by atomic mass is 31.1. The van der Waals surface area contributed by atoms with Crippen molar-refractivity contribution in [3.63, 3.8) is 0 Å². The molecule has 1 fully saturated rings. The Morgan fingerprint density at radius 3 is 2.62 bits per heavy atom. The lowest BCUT2D eigenvalue weighted by molar-refractivity contribution is 0.618. The summed E-state index contributed by atoms with van der Waals surface area (Å²) in [5.74, 6) is 0. The van der Waals surface area contributed by atoms with Crippen molar-refractivity contribution >= 4 is 13.8 Å². The molecule has 0 radical (unpaired) electrons. The van der Waals surface area contributed by atoms with E-state index in [9.17, 15) is 0 Å². The molecule has 0 saturated carbocycles. The van der Waals surface area contributed by atoms with Gasteiger partial charge in [0, 0.05) is 18.3 Å². The Bertz CT molecular complexity index is 307. The van der Waals surface area contributed by atoms with Crippen LogP contribution < -0.4 is 9.99 Å². The summed E-state index contributed by atoms with van der Waals surface area (Å²) in [6, 6.07) is 11.5. The molecule has 1 heterocycles. The van der Waals surface area contributed by atoms with Crippen molar-refractivity contribution in [2.75, 3.05) is 31.1 Å². The molecule has 1 aromatic carbocycles. The fourth-order valence-electron chi connectivity index (χ4n) is 2.22. The van der Waals surface area contributed by atoms with Gasteiger partial charge in [-0.1, -0.05) is 18.2 Å². The van der Waals surface area contributed by atoms with Crippen molar-refractivity contribution in [1.29, 1.82) is 0 Å². The smallest absolute Gasteiger partial charge is 0.0399 e. The molecular weight excluding hydrogens is 215 g/mol. The molecule has 2 rings (SSSR count). The summed E-state index contributed by atoms with van der Waals surface area (Å²) in [4.78, 5) is 0. The highest BCUT2D eigenvalue weighted by Gasteiger charge is 2.19. The van der Waals surface area contributed by atoms with E-state index < -0.39 is 0 Å². The molecule has 1 atom stereocenters. The highest BCUT2D eigenvalue weighted by molar-refractivity contribution is 7.57. The van der Waals surface area contributed by atoms with Gasteiger partial charge >= 0.3 is 0 Å². The number of hydrogen-bond donors (Lipinski definition) is 1. The summed E-state index contributed by atoms with van der Waals surface area (Å²) in [7, 11) is -0.0630. The molecule has 1 aliphatic heterocycles. The summed E-state index contributed by atoms with van der Waals surface area (Å²) in [6.45, 7) is 7.01. The van der Waals surface area contributed by atoms with Crippen molar-refractivity contribution in [3.05, 3.63) is 30.3 Å². The van der Waals surface area contributed by atoms with Crippen LogP contribution in [0.4, 0.5) is 5.69 Å². The van der Waals surface area contributed by atoms with E-state index in [2.05, 4.69) is 53.6 Å². The number of anilines is 1. The van der Waals surface area contributed by atoms with E-state index in [1.54, 1.807) is 0 Å². The maximum atomic E-state index is 3.58. The van der Waals surface area contributed by atoms with Gasteiger partial charge < -0.3 is 9.99 Å². The van der Waals surface area contributed by atoms with Crippen LogP contribution in [0.5, 0.6) is 0 Å².